The van der Waals surface area contributed by atoms with E-state index in [-0.39, 0.29) is 6.10 Å². The number of nitrogens with zero attached hydrogens (tertiary/aromatic N) is 4. The van der Waals surface area contributed by atoms with Crippen LogP contribution in [0.3, 0.4) is 0 Å². The first-order valence-electron chi connectivity index (χ1n) is 11.2. The molecule has 1 atom stereocenters. The highest BCUT2D eigenvalue weighted by atomic mass is 16.5. The Morgan fingerprint density at radius 1 is 1.00 bits per heavy atom. The highest BCUT2D eigenvalue weighted by Crippen LogP contribution is 2.25. The number of aromatic nitrogens is 2. The summed E-state index contributed by atoms with van der Waals surface area (Å²) in [5.41, 5.74) is 3.17. The van der Waals surface area contributed by atoms with E-state index < -0.39 is 0 Å². The molecule has 2 aliphatic heterocycles. The summed E-state index contributed by atoms with van der Waals surface area (Å²) >= 11 is 0. The van der Waals surface area contributed by atoms with E-state index in [0.29, 0.717) is 5.95 Å². The van der Waals surface area contributed by atoms with Gasteiger partial charge in [-0.3, -0.25) is 0 Å². The third kappa shape index (κ3) is 4.73. The fraction of sp³-hybridized carbons (Fsp3) is 0.417. The number of hydrogen-bond acceptors (Lipinski definition) is 7. The lowest BCUT2D eigenvalue weighted by Gasteiger charge is -2.34. The van der Waals surface area contributed by atoms with Crippen LogP contribution in [-0.4, -0.2) is 67.4 Å². The molecule has 0 radical (unpaired) electrons. The lowest BCUT2D eigenvalue weighted by atomic mass is 10.2. The van der Waals surface area contributed by atoms with Crippen LogP contribution >= 0.6 is 0 Å². The summed E-state index contributed by atoms with van der Waals surface area (Å²) in [5.74, 6) is 1.44. The van der Waals surface area contributed by atoms with Crippen molar-refractivity contribution in [1.82, 2.24) is 14.9 Å². The molecule has 2 fully saturated rings. The molecule has 7 heteroatoms. The first kappa shape index (κ1) is 20.0. The van der Waals surface area contributed by atoms with Crippen LogP contribution in [0, 0.1) is 0 Å². The van der Waals surface area contributed by atoms with Crippen LogP contribution in [0.15, 0.2) is 48.5 Å². The Bertz CT molecular complexity index is 1010. The molecule has 0 bridgehead atoms. The van der Waals surface area contributed by atoms with Gasteiger partial charge in [-0.1, -0.05) is 12.1 Å². The second-order valence-corrected chi connectivity index (χ2v) is 8.39. The smallest absolute Gasteiger partial charge is 0.229 e. The summed E-state index contributed by atoms with van der Waals surface area (Å²) in [6, 6.07) is 16.7. The maximum atomic E-state index is 5.75. The standard InChI is InChI=1S/C24H30N6O/c1-29-12-14-30(15-13-29)19-10-8-18(9-11-19)26-24-27-22-7-3-2-6-21(22)23(28-24)25-17-20-5-4-16-31-20/h2-3,6-11,20H,4-5,12-17H2,1H3,(H2,25,26,27,28). The van der Waals surface area contributed by atoms with Crippen molar-refractivity contribution in [3.05, 3.63) is 48.5 Å². The lowest BCUT2D eigenvalue weighted by molar-refractivity contribution is 0.120. The second kappa shape index (κ2) is 9.08. The fourth-order valence-corrected chi connectivity index (χ4v) is 4.23. The Hall–Kier alpha value is -2.90. The number of hydrogen-bond donors (Lipinski definition) is 2. The molecule has 0 aliphatic carbocycles. The SMILES string of the molecule is CN1CCN(c2ccc(Nc3nc(NCC4CCCO4)c4ccccc4n3)cc2)CC1. The number of para-hydroxylation sites is 1. The maximum Gasteiger partial charge on any atom is 0.229 e. The molecule has 3 aromatic rings. The number of anilines is 4. The van der Waals surface area contributed by atoms with Gasteiger partial charge in [0.05, 0.1) is 11.6 Å². The molecule has 7 nitrogen and oxygen atoms in total. The van der Waals surface area contributed by atoms with E-state index in [2.05, 4.69) is 57.8 Å². The van der Waals surface area contributed by atoms with Gasteiger partial charge in [0.1, 0.15) is 5.82 Å². The molecule has 5 rings (SSSR count). The van der Waals surface area contributed by atoms with E-state index >= 15 is 0 Å². The van der Waals surface area contributed by atoms with Crippen molar-refractivity contribution in [3.63, 3.8) is 0 Å². The predicted molar refractivity (Wildman–Crippen MR) is 126 cm³/mol. The van der Waals surface area contributed by atoms with Crippen molar-refractivity contribution in [2.75, 3.05) is 61.9 Å². The quantitative estimate of drug-likeness (QED) is 0.632. The summed E-state index contributed by atoms with van der Waals surface area (Å²) in [7, 11) is 2.18. The highest BCUT2D eigenvalue weighted by Gasteiger charge is 2.17. The van der Waals surface area contributed by atoms with E-state index in [0.717, 1.165) is 74.6 Å². The Labute approximate surface area is 183 Å². The monoisotopic (exact) mass is 418 g/mol. The summed E-state index contributed by atoms with van der Waals surface area (Å²) in [6.07, 6.45) is 2.49. The van der Waals surface area contributed by atoms with E-state index in [1.165, 1.54) is 5.69 Å². The Balaban J connectivity index is 1.32. The Morgan fingerprint density at radius 2 is 1.81 bits per heavy atom. The lowest BCUT2D eigenvalue weighted by Crippen LogP contribution is -2.44. The minimum atomic E-state index is 0.257. The number of piperazine rings is 1. The molecule has 31 heavy (non-hydrogen) atoms. The van der Waals surface area contributed by atoms with Crippen LogP contribution in [0.4, 0.5) is 23.1 Å². The maximum absolute atomic E-state index is 5.75. The minimum absolute atomic E-state index is 0.257. The number of ether oxygens (including phenoxy) is 1. The molecule has 2 aliphatic rings. The minimum Gasteiger partial charge on any atom is -0.376 e. The largest absolute Gasteiger partial charge is 0.376 e. The van der Waals surface area contributed by atoms with Gasteiger partial charge in [-0.15, -0.1) is 0 Å². The molecule has 2 aromatic carbocycles. The van der Waals surface area contributed by atoms with Crippen molar-refractivity contribution >= 4 is 34.0 Å². The molecule has 0 saturated carbocycles. The number of rotatable bonds is 6. The van der Waals surface area contributed by atoms with Gasteiger partial charge in [-0.05, 0) is 56.3 Å². The molecule has 1 unspecified atom stereocenters. The third-order valence-electron chi connectivity index (χ3n) is 6.12. The van der Waals surface area contributed by atoms with Crippen LogP contribution < -0.4 is 15.5 Å². The molecular weight excluding hydrogens is 388 g/mol. The zero-order valence-electron chi connectivity index (χ0n) is 18.1. The summed E-state index contributed by atoms with van der Waals surface area (Å²) in [4.78, 5) is 14.3. The third-order valence-corrected chi connectivity index (χ3v) is 6.12. The Morgan fingerprint density at radius 3 is 2.58 bits per heavy atom. The molecular formula is C24H30N6O. The highest BCUT2D eigenvalue weighted by molar-refractivity contribution is 5.90. The normalized spacial score (nSPS) is 19.6. The van der Waals surface area contributed by atoms with Crippen molar-refractivity contribution in [2.45, 2.75) is 18.9 Å². The molecule has 0 spiro atoms. The summed E-state index contributed by atoms with van der Waals surface area (Å²) < 4.78 is 5.75. The first-order chi connectivity index (χ1) is 15.2. The number of benzene rings is 2. The van der Waals surface area contributed by atoms with Gasteiger partial charge in [-0.2, -0.15) is 4.98 Å². The Kier molecular flexibility index (Phi) is 5.86. The fourth-order valence-electron chi connectivity index (χ4n) is 4.23. The van der Waals surface area contributed by atoms with Crippen LogP contribution in [0.25, 0.3) is 10.9 Å². The van der Waals surface area contributed by atoms with E-state index in [9.17, 15) is 0 Å². The molecule has 162 valence electrons. The van der Waals surface area contributed by atoms with Gasteiger partial charge in [0.15, 0.2) is 0 Å². The zero-order chi connectivity index (χ0) is 21.0. The van der Waals surface area contributed by atoms with Gasteiger partial charge in [0.25, 0.3) is 0 Å². The van der Waals surface area contributed by atoms with Crippen LogP contribution in [0.2, 0.25) is 0 Å². The van der Waals surface area contributed by atoms with Gasteiger partial charge >= 0.3 is 0 Å². The molecule has 2 N–H and O–H groups in total. The van der Waals surface area contributed by atoms with E-state index in [1.54, 1.807) is 0 Å². The van der Waals surface area contributed by atoms with Crippen LogP contribution in [0.5, 0.6) is 0 Å². The van der Waals surface area contributed by atoms with Gasteiger partial charge in [0, 0.05) is 56.1 Å². The van der Waals surface area contributed by atoms with Crippen molar-refractivity contribution in [2.24, 2.45) is 0 Å². The number of fused-ring (bicyclic) bond motifs is 1. The summed E-state index contributed by atoms with van der Waals surface area (Å²) in [6.45, 7) is 5.96. The average molecular weight is 419 g/mol. The number of likely N-dealkylation sites (N-methyl/N-ethyl adjacent to an activating group) is 1. The molecule has 0 amide bonds. The second-order valence-electron chi connectivity index (χ2n) is 8.39. The van der Waals surface area contributed by atoms with Gasteiger partial charge in [0.2, 0.25) is 5.95 Å². The molecule has 1 aromatic heterocycles. The first-order valence-corrected chi connectivity index (χ1v) is 11.2. The predicted octanol–water partition coefficient (Wildman–Crippen LogP) is 3.72. The van der Waals surface area contributed by atoms with Crippen LogP contribution in [0.1, 0.15) is 12.8 Å². The molecule has 2 saturated heterocycles. The van der Waals surface area contributed by atoms with E-state index in [1.807, 2.05) is 18.2 Å². The molecule has 3 heterocycles. The summed E-state index contributed by atoms with van der Waals surface area (Å²) in [5, 5.41) is 7.89. The van der Waals surface area contributed by atoms with Crippen molar-refractivity contribution in [3.8, 4) is 0 Å². The van der Waals surface area contributed by atoms with E-state index in [4.69, 9.17) is 14.7 Å². The average Bonchev–Trinajstić information content (AvgIpc) is 3.32. The van der Waals surface area contributed by atoms with Crippen molar-refractivity contribution < 1.29 is 4.74 Å². The number of nitrogens with one attached hydrogen (secondary N) is 2. The topological polar surface area (TPSA) is 65.5 Å². The van der Waals surface area contributed by atoms with Gasteiger partial charge in [-0.25, -0.2) is 4.98 Å². The van der Waals surface area contributed by atoms with Gasteiger partial charge < -0.3 is 25.2 Å². The zero-order valence-corrected chi connectivity index (χ0v) is 18.1. The van der Waals surface area contributed by atoms with Crippen molar-refractivity contribution in [1.29, 1.82) is 0 Å². The van der Waals surface area contributed by atoms with Crippen LogP contribution in [-0.2, 0) is 4.74 Å².